The molecule has 9 aromatic carbocycles. The van der Waals surface area contributed by atoms with Crippen LogP contribution in [0.1, 0.15) is 11.0 Å². The minimum atomic E-state index is -0.439. The van der Waals surface area contributed by atoms with Crippen molar-refractivity contribution >= 4 is 54.3 Å². The fourth-order valence-electron chi connectivity index (χ4n) is 7.29. The van der Waals surface area contributed by atoms with Crippen molar-refractivity contribution in [2.45, 2.75) is 0 Å². The van der Waals surface area contributed by atoms with E-state index in [-0.39, 0.29) is 45.7 Å². The van der Waals surface area contributed by atoms with Crippen LogP contribution >= 0.6 is 0 Å². The molecule has 0 aliphatic carbocycles. The second-order valence-corrected chi connectivity index (χ2v) is 12.2. The molecule has 0 radical (unpaired) electrons. The summed E-state index contributed by atoms with van der Waals surface area (Å²) in [7, 11) is 0. The first-order valence-electron chi connectivity index (χ1n) is 20.2. The van der Waals surface area contributed by atoms with Gasteiger partial charge < -0.3 is 4.42 Å². The predicted molar refractivity (Wildman–Crippen MR) is 208 cm³/mol. The van der Waals surface area contributed by atoms with E-state index in [1.54, 1.807) is 6.07 Å². The Bertz CT molecular complexity index is 3240. The molecule has 0 atom stereocenters. The van der Waals surface area contributed by atoms with Crippen LogP contribution in [0, 0.1) is 0 Å². The van der Waals surface area contributed by atoms with E-state index in [9.17, 15) is 5.48 Å². The van der Waals surface area contributed by atoms with Gasteiger partial charge in [0.15, 0.2) is 0 Å². The molecule has 0 aliphatic rings. The fraction of sp³-hybridized carbons (Fsp3) is 0. The van der Waals surface area contributed by atoms with Crippen molar-refractivity contribution in [2.75, 3.05) is 0 Å². The molecule has 1 heteroatoms. The lowest BCUT2D eigenvalue weighted by molar-refractivity contribution is 0.672. The van der Waals surface area contributed by atoms with Crippen molar-refractivity contribution in [3.8, 4) is 44.5 Å². The molecule has 0 unspecified atom stereocenters. The third-order valence-corrected chi connectivity index (χ3v) is 9.50. The third kappa shape index (κ3) is 4.40. The summed E-state index contributed by atoms with van der Waals surface area (Å²) in [5.74, 6) is 0. The number of furan rings is 1. The summed E-state index contributed by atoms with van der Waals surface area (Å²) in [6.07, 6.45) is 0. The Kier molecular flexibility index (Phi) is 4.69. The molecule has 10 aromatic rings. The van der Waals surface area contributed by atoms with Crippen molar-refractivity contribution in [1.82, 2.24) is 0 Å². The SMILES string of the molecule is [2H]c1c([2H])c([2H])c2c(-c3ccc4oc5c6ccccc6ccc5c4c3)c3c([2H])c([2H])c([2H])c([2H])c3c(-c3ccc(-c4ccccc4)c(-c4ccccc4)c3)c2c1[2H]. The lowest BCUT2D eigenvalue weighted by atomic mass is 9.84. The normalized spacial score (nSPS) is 14.0. The van der Waals surface area contributed by atoms with E-state index in [4.69, 9.17) is 9.90 Å². The molecule has 0 saturated heterocycles. The highest BCUT2D eigenvalue weighted by atomic mass is 16.3. The Labute approximate surface area is 295 Å². The summed E-state index contributed by atoms with van der Waals surface area (Å²) >= 11 is 0. The van der Waals surface area contributed by atoms with Crippen molar-refractivity contribution in [3.05, 3.63) is 182 Å². The van der Waals surface area contributed by atoms with E-state index in [1.807, 2.05) is 127 Å². The summed E-state index contributed by atoms with van der Waals surface area (Å²) in [6.45, 7) is 0. The Balaban J connectivity index is 1.38. The van der Waals surface area contributed by atoms with E-state index in [2.05, 4.69) is 0 Å². The van der Waals surface area contributed by atoms with Crippen molar-refractivity contribution in [3.63, 3.8) is 0 Å². The highest BCUT2D eigenvalue weighted by Crippen LogP contribution is 2.46. The average Bonchev–Trinajstić information content (AvgIpc) is 3.64. The Morgan fingerprint density at radius 1 is 0.367 bits per heavy atom. The zero-order valence-electron chi connectivity index (χ0n) is 34.1. The van der Waals surface area contributed by atoms with Crippen LogP contribution in [0.25, 0.3) is 98.8 Å². The van der Waals surface area contributed by atoms with Gasteiger partial charge in [-0.25, -0.2) is 0 Å². The van der Waals surface area contributed by atoms with Crippen LogP contribution in [-0.2, 0) is 0 Å². The number of hydrogen-bond acceptors (Lipinski definition) is 1. The zero-order valence-corrected chi connectivity index (χ0v) is 26.1. The van der Waals surface area contributed by atoms with Crippen LogP contribution in [0.4, 0.5) is 0 Å². The number of benzene rings is 9. The molecule has 49 heavy (non-hydrogen) atoms. The van der Waals surface area contributed by atoms with Gasteiger partial charge >= 0.3 is 0 Å². The largest absolute Gasteiger partial charge is 0.455 e. The summed E-state index contributed by atoms with van der Waals surface area (Å²) in [4.78, 5) is 0. The molecule has 228 valence electrons. The molecule has 0 aliphatic heterocycles. The van der Waals surface area contributed by atoms with E-state index >= 15 is 0 Å². The quantitative estimate of drug-likeness (QED) is 0.176. The number of rotatable bonds is 4. The Morgan fingerprint density at radius 2 is 0.918 bits per heavy atom. The van der Waals surface area contributed by atoms with Crippen molar-refractivity contribution < 1.29 is 15.4 Å². The van der Waals surface area contributed by atoms with E-state index in [1.165, 1.54) is 0 Å². The first-order chi connectivity index (χ1) is 27.6. The second-order valence-electron chi connectivity index (χ2n) is 12.2. The first-order valence-corrected chi connectivity index (χ1v) is 16.2. The first kappa shape index (κ1) is 20.7. The maximum atomic E-state index is 9.46. The van der Waals surface area contributed by atoms with Gasteiger partial charge in [0.1, 0.15) is 11.2 Å². The standard InChI is InChI=1S/C48H30O/c1-3-13-31(14-4-1)36-26-24-34(29-43(36)32-15-5-2-6-16-32)46-38-19-9-11-21-40(38)47(41-22-12-10-20-39(41)46)35-25-28-45-44(30-35)42-27-23-33-17-7-8-18-37(33)48(42)49-45/h1-30H/i9D,10D,11D,12D,19D,20D,21D,22D. The lowest BCUT2D eigenvalue weighted by Crippen LogP contribution is -1.92. The van der Waals surface area contributed by atoms with Crippen LogP contribution < -0.4 is 0 Å². The van der Waals surface area contributed by atoms with Gasteiger partial charge in [-0.2, -0.15) is 0 Å². The smallest absolute Gasteiger partial charge is 0.143 e. The van der Waals surface area contributed by atoms with Crippen LogP contribution in [-0.4, -0.2) is 0 Å². The second kappa shape index (κ2) is 11.1. The van der Waals surface area contributed by atoms with E-state index in [0.717, 1.165) is 43.8 Å². The zero-order chi connectivity index (χ0) is 39.3. The molecule has 1 aromatic heterocycles. The highest BCUT2D eigenvalue weighted by Gasteiger charge is 2.19. The topological polar surface area (TPSA) is 13.1 Å². The molecule has 0 spiro atoms. The van der Waals surface area contributed by atoms with Gasteiger partial charge in [-0.3, -0.25) is 0 Å². The van der Waals surface area contributed by atoms with Gasteiger partial charge in [-0.1, -0.05) is 158 Å². The van der Waals surface area contributed by atoms with Crippen LogP contribution in [0.2, 0.25) is 0 Å². The van der Waals surface area contributed by atoms with Crippen LogP contribution in [0.5, 0.6) is 0 Å². The van der Waals surface area contributed by atoms with Gasteiger partial charge in [0, 0.05) is 16.2 Å². The highest BCUT2D eigenvalue weighted by molar-refractivity contribution is 6.23. The molecule has 0 amide bonds. The maximum absolute atomic E-state index is 9.46. The minimum absolute atomic E-state index is 0.166. The van der Waals surface area contributed by atoms with Gasteiger partial charge in [0.2, 0.25) is 0 Å². The third-order valence-electron chi connectivity index (χ3n) is 9.50. The van der Waals surface area contributed by atoms with Crippen LogP contribution in [0.3, 0.4) is 0 Å². The number of fused-ring (bicyclic) bond motifs is 7. The molecular formula is C48H30O. The summed E-state index contributed by atoms with van der Waals surface area (Å²) in [5, 5.41) is 4.27. The van der Waals surface area contributed by atoms with Gasteiger partial charge in [0.05, 0.1) is 11.0 Å². The van der Waals surface area contributed by atoms with E-state index < -0.39 is 24.2 Å². The lowest BCUT2D eigenvalue weighted by Gasteiger charge is -2.19. The molecule has 1 heterocycles. The van der Waals surface area contributed by atoms with Crippen molar-refractivity contribution in [1.29, 1.82) is 0 Å². The molecule has 0 N–H and O–H groups in total. The number of hydrogen-bond donors (Lipinski definition) is 0. The minimum Gasteiger partial charge on any atom is -0.455 e. The molecule has 10 rings (SSSR count). The van der Waals surface area contributed by atoms with Gasteiger partial charge in [0.25, 0.3) is 0 Å². The summed E-state index contributed by atoms with van der Waals surface area (Å²) in [5.41, 5.74) is 6.70. The average molecular weight is 631 g/mol. The molecular weight excluding hydrogens is 593 g/mol. The molecule has 1 nitrogen and oxygen atoms in total. The molecule has 0 saturated carbocycles. The van der Waals surface area contributed by atoms with E-state index in [0.29, 0.717) is 33.4 Å². The van der Waals surface area contributed by atoms with Crippen LogP contribution in [0.15, 0.2) is 186 Å². The fourth-order valence-corrected chi connectivity index (χ4v) is 7.29. The molecule has 0 fully saturated rings. The Morgan fingerprint density at radius 3 is 1.57 bits per heavy atom. The van der Waals surface area contributed by atoms with Gasteiger partial charge in [-0.05, 0) is 95.7 Å². The predicted octanol–water partition coefficient (Wildman–Crippen LogP) is 13.7. The molecule has 0 bridgehead atoms. The van der Waals surface area contributed by atoms with Gasteiger partial charge in [-0.15, -0.1) is 0 Å². The summed E-state index contributed by atoms with van der Waals surface area (Å²) in [6, 6.07) is 40.1. The monoisotopic (exact) mass is 630 g/mol. The maximum Gasteiger partial charge on any atom is 0.143 e. The van der Waals surface area contributed by atoms with Crippen molar-refractivity contribution in [2.24, 2.45) is 0 Å². The summed E-state index contributed by atoms with van der Waals surface area (Å²) < 4.78 is 79.8. The Hall–Kier alpha value is -6.44.